The number of piperazine rings is 1. The monoisotopic (exact) mass is 481 g/mol. The summed E-state index contributed by atoms with van der Waals surface area (Å²) in [7, 11) is 0. The summed E-state index contributed by atoms with van der Waals surface area (Å²) in [6.07, 6.45) is 13.6. The van der Waals surface area contributed by atoms with Crippen molar-refractivity contribution in [1.29, 1.82) is 0 Å². The zero-order valence-corrected chi connectivity index (χ0v) is 20.8. The van der Waals surface area contributed by atoms with E-state index in [1.807, 2.05) is 41.3 Å². The van der Waals surface area contributed by atoms with Crippen molar-refractivity contribution < 1.29 is 19.1 Å². The van der Waals surface area contributed by atoms with Crippen molar-refractivity contribution in [2.24, 2.45) is 0 Å². The van der Waals surface area contributed by atoms with E-state index >= 15 is 0 Å². The van der Waals surface area contributed by atoms with E-state index in [1.165, 1.54) is 5.56 Å². The quantitative estimate of drug-likeness (QED) is 0.358. The fraction of sp³-hybridized carbons (Fsp3) is 0.536. The number of unbranched alkanes of at least 4 members (excludes halogenated alkanes) is 3. The van der Waals surface area contributed by atoms with E-state index in [-0.39, 0.29) is 17.9 Å². The van der Waals surface area contributed by atoms with Crippen molar-refractivity contribution in [3.05, 3.63) is 59.7 Å². The third-order valence-corrected chi connectivity index (χ3v) is 6.45. The number of amides is 3. The smallest absolute Gasteiger partial charge is 0.317 e. The lowest BCUT2D eigenvalue weighted by molar-refractivity contribution is -0.142. The standard InChI is InChI=1S/C28H39N3O4/c32-26(17-16-24-11-5-3-6-12-24)30-19-21-31(22-20-30)28(34)29-18-10-2-1-9-15-27(33)35-23-25-13-7-4-8-14-25/h3,5-7,11-14H,1-2,4,8-10,15-23H2,(H,29,34). The Kier molecular flexibility index (Phi) is 11.4. The lowest BCUT2D eigenvalue weighted by atomic mass is 10.1. The molecule has 1 aromatic rings. The Morgan fingerprint density at radius 3 is 2.34 bits per heavy atom. The number of rotatable bonds is 12. The maximum absolute atomic E-state index is 12.5. The van der Waals surface area contributed by atoms with Gasteiger partial charge in [-0.3, -0.25) is 9.59 Å². The number of benzene rings is 1. The van der Waals surface area contributed by atoms with Crippen molar-refractivity contribution >= 4 is 17.9 Å². The molecule has 0 spiro atoms. The predicted octanol–water partition coefficient (Wildman–Crippen LogP) is 4.24. The van der Waals surface area contributed by atoms with Crippen LogP contribution in [0.1, 0.15) is 56.9 Å². The molecule has 35 heavy (non-hydrogen) atoms. The second-order valence-electron chi connectivity index (χ2n) is 9.17. The topological polar surface area (TPSA) is 79.0 Å². The molecule has 3 rings (SSSR count). The minimum Gasteiger partial charge on any atom is -0.461 e. The number of nitrogens with zero attached hydrogens (tertiary/aromatic N) is 2. The van der Waals surface area contributed by atoms with Gasteiger partial charge in [0, 0.05) is 45.6 Å². The summed E-state index contributed by atoms with van der Waals surface area (Å²) < 4.78 is 5.32. The van der Waals surface area contributed by atoms with Crippen LogP contribution in [0.4, 0.5) is 4.79 Å². The maximum Gasteiger partial charge on any atom is 0.317 e. The minimum absolute atomic E-state index is 0.0592. The molecule has 7 heteroatoms. The highest BCUT2D eigenvalue weighted by Gasteiger charge is 2.23. The van der Waals surface area contributed by atoms with Crippen molar-refractivity contribution in [1.82, 2.24) is 15.1 Å². The summed E-state index contributed by atoms with van der Waals surface area (Å²) in [4.78, 5) is 40.4. The van der Waals surface area contributed by atoms with Gasteiger partial charge in [0.1, 0.15) is 6.61 Å². The second kappa shape index (κ2) is 15.0. The molecular formula is C28H39N3O4. The summed E-state index contributed by atoms with van der Waals surface area (Å²) in [5, 5.41) is 2.98. The van der Waals surface area contributed by atoms with Crippen LogP contribution in [-0.2, 0) is 20.7 Å². The van der Waals surface area contributed by atoms with Crippen LogP contribution >= 0.6 is 0 Å². The molecule has 2 aliphatic rings. The highest BCUT2D eigenvalue weighted by atomic mass is 16.5. The number of aryl methyl sites for hydroxylation is 1. The first-order valence-corrected chi connectivity index (χ1v) is 13.0. The Hall–Kier alpha value is -3.09. The van der Waals surface area contributed by atoms with Gasteiger partial charge in [0.25, 0.3) is 0 Å². The number of allylic oxidation sites excluding steroid dienone is 2. The van der Waals surface area contributed by atoms with E-state index in [9.17, 15) is 14.4 Å². The van der Waals surface area contributed by atoms with Crippen molar-refractivity contribution in [2.45, 2.75) is 57.8 Å². The molecule has 0 aromatic heterocycles. The third kappa shape index (κ3) is 9.97. The van der Waals surface area contributed by atoms with Gasteiger partial charge >= 0.3 is 12.0 Å². The van der Waals surface area contributed by atoms with Crippen molar-refractivity contribution in [3.63, 3.8) is 0 Å². The number of hydrogen-bond donors (Lipinski definition) is 1. The largest absolute Gasteiger partial charge is 0.461 e. The van der Waals surface area contributed by atoms with Crippen LogP contribution in [0.15, 0.2) is 54.1 Å². The van der Waals surface area contributed by atoms with E-state index in [0.717, 1.165) is 50.5 Å². The molecule has 1 N–H and O–H groups in total. The number of urea groups is 1. The molecule has 1 fully saturated rings. The molecule has 0 bridgehead atoms. The second-order valence-corrected chi connectivity index (χ2v) is 9.17. The number of esters is 1. The van der Waals surface area contributed by atoms with Crippen LogP contribution in [0.5, 0.6) is 0 Å². The van der Waals surface area contributed by atoms with Crippen LogP contribution in [0, 0.1) is 0 Å². The molecule has 1 aliphatic heterocycles. The summed E-state index contributed by atoms with van der Waals surface area (Å²) >= 11 is 0. The Morgan fingerprint density at radius 2 is 1.60 bits per heavy atom. The highest BCUT2D eigenvalue weighted by Crippen LogP contribution is 2.11. The molecular weight excluding hydrogens is 442 g/mol. The average Bonchev–Trinajstić information content (AvgIpc) is 2.91. The number of ether oxygens (including phenoxy) is 1. The van der Waals surface area contributed by atoms with Gasteiger partial charge in [0.2, 0.25) is 5.91 Å². The Bertz CT molecular complexity index is 873. The molecule has 0 saturated carbocycles. The van der Waals surface area contributed by atoms with E-state index in [1.54, 1.807) is 4.90 Å². The summed E-state index contributed by atoms with van der Waals surface area (Å²) in [5.41, 5.74) is 2.25. The zero-order chi connectivity index (χ0) is 24.7. The average molecular weight is 482 g/mol. The molecule has 0 unspecified atom stereocenters. The first-order valence-electron chi connectivity index (χ1n) is 13.0. The van der Waals surface area contributed by atoms with E-state index in [4.69, 9.17) is 4.74 Å². The molecule has 0 radical (unpaired) electrons. The Morgan fingerprint density at radius 1 is 0.857 bits per heavy atom. The lowest BCUT2D eigenvalue weighted by Crippen LogP contribution is -2.53. The zero-order valence-electron chi connectivity index (χ0n) is 20.8. The Balaban J connectivity index is 1.17. The number of carbonyl (C=O) groups excluding carboxylic acids is 3. The summed E-state index contributed by atoms with van der Waals surface area (Å²) in [6.45, 7) is 3.31. The predicted molar refractivity (Wildman–Crippen MR) is 137 cm³/mol. The SMILES string of the molecule is O=C(CCCCCCNC(=O)N1CCN(C(=O)CCc2ccccc2)CC1)OCC1=CCCC=C1. The molecule has 190 valence electrons. The number of carbonyl (C=O) groups is 3. The van der Waals surface area contributed by atoms with Gasteiger partial charge in [-0.25, -0.2) is 4.79 Å². The fourth-order valence-electron chi connectivity index (χ4n) is 4.28. The molecule has 3 amide bonds. The highest BCUT2D eigenvalue weighted by molar-refractivity contribution is 5.78. The van der Waals surface area contributed by atoms with Gasteiger partial charge in [0.05, 0.1) is 0 Å². The van der Waals surface area contributed by atoms with Crippen LogP contribution in [0.3, 0.4) is 0 Å². The molecule has 1 heterocycles. The molecule has 1 aliphatic carbocycles. The van der Waals surface area contributed by atoms with Gasteiger partial charge in [-0.05, 0) is 43.2 Å². The van der Waals surface area contributed by atoms with Crippen LogP contribution in [0.25, 0.3) is 0 Å². The first kappa shape index (κ1) is 26.5. The Labute approximate surface area is 209 Å². The van der Waals surface area contributed by atoms with Crippen molar-refractivity contribution in [3.8, 4) is 0 Å². The molecule has 7 nitrogen and oxygen atoms in total. The van der Waals surface area contributed by atoms with Gasteiger partial charge in [-0.1, -0.05) is 61.4 Å². The summed E-state index contributed by atoms with van der Waals surface area (Å²) in [5.74, 6) is 0.0107. The van der Waals surface area contributed by atoms with Crippen LogP contribution in [0.2, 0.25) is 0 Å². The van der Waals surface area contributed by atoms with E-state index in [0.29, 0.717) is 52.2 Å². The van der Waals surface area contributed by atoms with Gasteiger partial charge in [0.15, 0.2) is 0 Å². The number of nitrogens with one attached hydrogen (secondary N) is 1. The first-order chi connectivity index (χ1) is 17.1. The van der Waals surface area contributed by atoms with Gasteiger partial charge < -0.3 is 19.9 Å². The third-order valence-electron chi connectivity index (χ3n) is 6.45. The van der Waals surface area contributed by atoms with Gasteiger partial charge in [-0.15, -0.1) is 0 Å². The fourth-order valence-corrected chi connectivity index (χ4v) is 4.28. The van der Waals surface area contributed by atoms with Crippen LogP contribution in [-0.4, -0.2) is 67.0 Å². The normalized spacial score (nSPS) is 15.5. The van der Waals surface area contributed by atoms with Crippen molar-refractivity contribution in [2.75, 3.05) is 39.3 Å². The van der Waals surface area contributed by atoms with E-state index < -0.39 is 0 Å². The molecule has 1 saturated heterocycles. The molecule has 0 atom stereocenters. The van der Waals surface area contributed by atoms with E-state index in [2.05, 4.69) is 17.5 Å². The number of hydrogen-bond acceptors (Lipinski definition) is 4. The minimum atomic E-state index is -0.143. The van der Waals surface area contributed by atoms with Crippen LogP contribution < -0.4 is 5.32 Å². The maximum atomic E-state index is 12.5. The molecule has 1 aromatic carbocycles. The van der Waals surface area contributed by atoms with Gasteiger partial charge in [-0.2, -0.15) is 0 Å². The lowest BCUT2D eigenvalue weighted by Gasteiger charge is -2.34. The summed E-state index contributed by atoms with van der Waals surface area (Å²) in [6, 6.07) is 9.98.